The number of hydrogen-bond donors (Lipinski definition) is 2. The molecule has 1 fully saturated rings. The summed E-state index contributed by atoms with van der Waals surface area (Å²) in [6.07, 6.45) is 1.89. The van der Waals surface area contributed by atoms with Gasteiger partial charge in [-0.2, -0.15) is 0 Å². The van der Waals surface area contributed by atoms with Crippen LogP contribution in [0.4, 0.5) is 0 Å². The summed E-state index contributed by atoms with van der Waals surface area (Å²) in [7, 11) is -3.43. The van der Waals surface area contributed by atoms with Gasteiger partial charge < -0.3 is 5.32 Å². The lowest BCUT2D eigenvalue weighted by molar-refractivity contribution is 0.428. The van der Waals surface area contributed by atoms with Crippen molar-refractivity contribution in [2.45, 2.75) is 23.8 Å². The van der Waals surface area contributed by atoms with Gasteiger partial charge in [-0.15, -0.1) is 0 Å². The van der Waals surface area contributed by atoms with Crippen LogP contribution >= 0.6 is 15.9 Å². The summed E-state index contributed by atoms with van der Waals surface area (Å²) in [5.41, 5.74) is 0. The topological polar surface area (TPSA) is 58.2 Å². The first-order valence-electron chi connectivity index (χ1n) is 5.57. The van der Waals surface area contributed by atoms with Crippen molar-refractivity contribution in [3.05, 3.63) is 28.7 Å². The van der Waals surface area contributed by atoms with Crippen molar-refractivity contribution in [3.63, 3.8) is 0 Å². The van der Waals surface area contributed by atoms with Crippen molar-refractivity contribution in [3.8, 4) is 0 Å². The number of halogens is 1. The Morgan fingerprint density at radius 3 is 2.76 bits per heavy atom. The zero-order chi connectivity index (χ0) is 12.3. The van der Waals surface area contributed by atoms with Crippen LogP contribution in [0.25, 0.3) is 0 Å². The molecule has 0 spiro atoms. The Balaban J connectivity index is 2.16. The van der Waals surface area contributed by atoms with E-state index in [-0.39, 0.29) is 6.04 Å². The minimum absolute atomic E-state index is 0.0131. The number of sulfonamides is 1. The number of piperidine rings is 1. The molecule has 1 atom stereocenters. The van der Waals surface area contributed by atoms with Crippen molar-refractivity contribution in [1.82, 2.24) is 10.0 Å². The molecule has 0 saturated carbocycles. The van der Waals surface area contributed by atoms with E-state index in [0.29, 0.717) is 15.9 Å². The molecule has 0 bridgehead atoms. The number of nitrogens with one attached hydrogen (secondary N) is 2. The van der Waals surface area contributed by atoms with E-state index in [0.717, 1.165) is 19.4 Å². The largest absolute Gasteiger partial charge is 0.315 e. The summed E-state index contributed by atoms with van der Waals surface area (Å²) in [6.45, 7) is 1.66. The first-order valence-corrected chi connectivity index (χ1v) is 7.85. The maximum absolute atomic E-state index is 12.2. The van der Waals surface area contributed by atoms with Crippen LogP contribution in [0.1, 0.15) is 12.8 Å². The summed E-state index contributed by atoms with van der Waals surface area (Å²) in [5, 5.41) is 3.18. The third-order valence-electron chi connectivity index (χ3n) is 2.74. The fraction of sp³-hybridized carbons (Fsp3) is 0.455. The molecule has 1 heterocycles. The molecule has 0 amide bonds. The van der Waals surface area contributed by atoms with Gasteiger partial charge >= 0.3 is 0 Å². The normalized spacial score (nSPS) is 21.4. The zero-order valence-corrected chi connectivity index (χ0v) is 11.7. The molecule has 17 heavy (non-hydrogen) atoms. The fourth-order valence-electron chi connectivity index (χ4n) is 1.90. The van der Waals surface area contributed by atoms with Crippen molar-refractivity contribution in [2.24, 2.45) is 0 Å². The standard InChI is InChI=1S/C11H15BrN2O2S/c12-10-5-1-2-6-11(10)17(15,16)14-9-4-3-7-13-8-9/h1-2,5-6,9,13-14H,3-4,7-8H2/t9-/m1/s1. The Kier molecular flexibility index (Phi) is 4.19. The summed E-state index contributed by atoms with van der Waals surface area (Å²) in [5.74, 6) is 0. The predicted molar refractivity (Wildman–Crippen MR) is 70.4 cm³/mol. The van der Waals surface area contributed by atoms with Gasteiger partial charge in [-0.3, -0.25) is 0 Å². The molecule has 94 valence electrons. The van der Waals surface area contributed by atoms with Crippen molar-refractivity contribution in [2.75, 3.05) is 13.1 Å². The highest BCUT2D eigenvalue weighted by atomic mass is 79.9. The lowest BCUT2D eigenvalue weighted by Crippen LogP contribution is -2.45. The van der Waals surface area contributed by atoms with Gasteiger partial charge in [0.15, 0.2) is 0 Å². The van der Waals surface area contributed by atoms with Crippen LogP contribution in [0.3, 0.4) is 0 Å². The summed E-state index contributed by atoms with van der Waals surface area (Å²) in [4.78, 5) is 0.297. The Hall–Kier alpha value is -0.430. The minimum Gasteiger partial charge on any atom is -0.315 e. The number of benzene rings is 1. The molecular formula is C11H15BrN2O2S. The smallest absolute Gasteiger partial charge is 0.241 e. The summed E-state index contributed by atoms with van der Waals surface area (Å²) in [6, 6.07) is 6.83. The van der Waals surface area contributed by atoms with Gasteiger partial charge in [0.2, 0.25) is 10.0 Å². The molecule has 1 aromatic rings. The van der Waals surface area contributed by atoms with Crippen LogP contribution in [0.15, 0.2) is 33.6 Å². The molecular weight excluding hydrogens is 304 g/mol. The highest BCUT2D eigenvalue weighted by Gasteiger charge is 2.22. The fourth-order valence-corrected chi connectivity index (χ4v) is 4.17. The second-order valence-electron chi connectivity index (χ2n) is 4.09. The van der Waals surface area contributed by atoms with Crippen LogP contribution in [0.5, 0.6) is 0 Å². The molecule has 1 aliphatic rings. The van der Waals surface area contributed by atoms with E-state index in [9.17, 15) is 8.42 Å². The highest BCUT2D eigenvalue weighted by molar-refractivity contribution is 9.10. The molecule has 1 aromatic carbocycles. The average molecular weight is 319 g/mol. The molecule has 1 saturated heterocycles. The second-order valence-corrected chi connectivity index (χ2v) is 6.63. The third kappa shape index (κ3) is 3.28. The molecule has 2 rings (SSSR count). The monoisotopic (exact) mass is 318 g/mol. The quantitative estimate of drug-likeness (QED) is 0.887. The SMILES string of the molecule is O=S(=O)(N[C@@H]1CCCNC1)c1ccccc1Br. The van der Waals surface area contributed by atoms with Gasteiger partial charge in [-0.05, 0) is 47.4 Å². The molecule has 0 aliphatic carbocycles. The molecule has 1 aliphatic heterocycles. The van der Waals surface area contributed by atoms with Crippen molar-refractivity contribution < 1.29 is 8.42 Å². The minimum atomic E-state index is -3.43. The van der Waals surface area contributed by atoms with E-state index in [1.807, 2.05) is 0 Å². The Labute approximate surface area is 110 Å². The van der Waals surface area contributed by atoms with Crippen LogP contribution in [0, 0.1) is 0 Å². The van der Waals surface area contributed by atoms with E-state index in [1.54, 1.807) is 24.3 Å². The molecule has 0 radical (unpaired) electrons. The Bertz CT molecular complexity index is 484. The molecule has 2 N–H and O–H groups in total. The first-order chi connectivity index (χ1) is 8.09. The lowest BCUT2D eigenvalue weighted by atomic mass is 10.1. The van der Waals surface area contributed by atoms with Crippen molar-refractivity contribution >= 4 is 26.0 Å². The van der Waals surface area contributed by atoms with Crippen molar-refractivity contribution in [1.29, 1.82) is 0 Å². The van der Waals surface area contributed by atoms with E-state index in [2.05, 4.69) is 26.0 Å². The zero-order valence-electron chi connectivity index (χ0n) is 9.32. The summed E-state index contributed by atoms with van der Waals surface area (Å²) >= 11 is 3.26. The molecule has 0 unspecified atom stereocenters. The highest BCUT2D eigenvalue weighted by Crippen LogP contribution is 2.21. The molecule has 0 aromatic heterocycles. The van der Waals surface area contributed by atoms with Crippen LogP contribution < -0.4 is 10.0 Å². The van der Waals surface area contributed by atoms with Gasteiger partial charge in [0, 0.05) is 17.1 Å². The Morgan fingerprint density at radius 2 is 2.12 bits per heavy atom. The van der Waals surface area contributed by atoms with Gasteiger partial charge in [0.25, 0.3) is 0 Å². The third-order valence-corrected chi connectivity index (χ3v) is 5.28. The van der Waals surface area contributed by atoms with E-state index < -0.39 is 10.0 Å². The number of rotatable bonds is 3. The van der Waals surface area contributed by atoms with Crippen LogP contribution in [-0.4, -0.2) is 27.5 Å². The van der Waals surface area contributed by atoms with E-state index in [1.165, 1.54) is 0 Å². The lowest BCUT2D eigenvalue weighted by Gasteiger charge is -2.23. The molecule has 6 heteroatoms. The maximum atomic E-state index is 12.2. The van der Waals surface area contributed by atoms with Crippen LogP contribution in [-0.2, 0) is 10.0 Å². The number of hydrogen-bond acceptors (Lipinski definition) is 3. The van der Waals surface area contributed by atoms with E-state index in [4.69, 9.17) is 0 Å². The average Bonchev–Trinajstić information content (AvgIpc) is 2.30. The Morgan fingerprint density at radius 1 is 1.35 bits per heavy atom. The molecule has 4 nitrogen and oxygen atoms in total. The van der Waals surface area contributed by atoms with Gasteiger partial charge in [0.05, 0.1) is 4.90 Å². The first kappa shape index (κ1) is 13.0. The van der Waals surface area contributed by atoms with Gasteiger partial charge in [-0.1, -0.05) is 12.1 Å². The maximum Gasteiger partial charge on any atom is 0.241 e. The summed E-state index contributed by atoms with van der Waals surface area (Å²) < 4.78 is 27.6. The predicted octanol–water partition coefficient (Wildman–Crippen LogP) is 1.48. The van der Waals surface area contributed by atoms with E-state index >= 15 is 0 Å². The van der Waals surface area contributed by atoms with Crippen LogP contribution in [0.2, 0.25) is 0 Å². The second kappa shape index (κ2) is 5.48. The van der Waals surface area contributed by atoms with Gasteiger partial charge in [-0.25, -0.2) is 13.1 Å². The van der Waals surface area contributed by atoms with Gasteiger partial charge in [0.1, 0.15) is 0 Å².